The van der Waals surface area contributed by atoms with Crippen LogP contribution in [-0.2, 0) is 10.3 Å². The van der Waals surface area contributed by atoms with Crippen molar-refractivity contribution in [3.63, 3.8) is 0 Å². The van der Waals surface area contributed by atoms with Crippen molar-refractivity contribution < 1.29 is 9.47 Å². The van der Waals surface area contributed by atoms with E-state index in [1.54, 1.807) is 0 Å². The molecule has 2 bridgehead atoms. The molecule has 1 aromatic rings. The topological polar surface area (TPSA) is 18.5 Å². The average molecular weight is 232 g/mol. The molecule has 1 unspecified atom stereocenters. The standard InChI is InChI=1S/C15H20O2/c1-10(2)15-8-7-14(4,17-15)16-13-9-11(3)5-6-12(13)15/h5-6,9-10H,7-8H2,1-4H3/t14-,15?/m0/s1. The molecule has 1 aromatic carbocycles. The lowest BCUT2D eigenvalue weighted by molar-refractivity contribution is -0.230. The molecule has 0 amide bonds. The normalized spacial score (nSPS) is 34.6. The van der Waals surface area contributed by atoms with Crippen LogP contribution in [0.4, 0.5) is 0 Å². The molecule has 2 aliphatic heterocycles. The first-order valence-electron chi connectivity index (χ1n) is 6.46. The highest BCUT2D eigenvalue weighted by atomic mass is 16.7. The molecule has 0 aromatic heterocycles. The lowest BCUT2D eigenvalue weighted by atomic mass is 9.80. The second-order valence-electron chi connectivity index (χ2n) is 5.88. The number of rotatable bonds is 1. The van der Waals surface area contributed by atoms with Gasteiger partial charge in [0.25, 0.3) is 0 Å². The van der Waals surface area contributed by atoms with Crippen molar-refractivity contribution >= 4 is 0 Å². The minimum absolute atomic E-state index is 0.143. The van der Waals surface area contributed by atoms with Gasteiger partial charge in [-0.05, 0) is 30.9 Å². The fourth-order valence-corrected chi connectivity index (χ4v) is 3.18. The Bertz CT molecular complexity index is 466. The molecule has 0 saturated carbocycles. The third kappa shape index (κ3) is 1.43. The van der Waals surface area contributed by atoms with Crippen LogP contribution in [0.1, 0.15) is 44.7 Å². The van der Waals surface area contributed by atoms with Crippen LogP contribution in [0, 0.1) is 12.8 Å². The molecule has 2 nitrogen and oxygen atoms in total. The van der Waals surface area contributed by atoms with Crippen LogP contribution in [0.2, 0.25) is 0 Å². The predicted molar refractivity (Wildman–Crippen MR) is 67.0 cm³/mol. The molecule has 92 valence electrons. The zero-order valence-electron chi connectivity index (χ0n) is 11.0. The van der Waals surface area contributed by atoms with Gasteiger partial charge in [0.05, 0.1) is 0 Å². The molecule has 0 spiro atoms. The Balaban J connectivity index is 2.20. The number of fused-ring (bicyclic) bond motifs is 4. The van der Waals surface area contributed by atoms with Crippen LogP contribution in [0.25, 0.3) is 0 Å². The third-order valence-electron chi connectivity index (χ3n) is 4.20. The van der Waals surface area contributed by atoms with Crippen LogP contribution in [0.3, 0.4) is 0 Å². The summed E-state index contributed by atoms with van der Waals surface area (Å²) in [6.07, 6.45) is 2.02. The van der Waals surface area contributed by atoms with Gasteiger partial charge in [0, 0.05) is 18.9 Å². The van der Waals surface area contributed by atoms with Gasteiger partial charge in [-0.1, -0.05) is 26.0 Å². The second kappa shape index (κ2) is 3.26. The van der Waals surface area contributed by atoms with Gasteiger partial charge in [-0.25, -0.2) is 0 Å². The summed E-state index contributed by atoms with van der Waals surface area (Å²) >= 11 is 0. The van der Waals surface area contributed by atoms with Gasteiger partial charge in [0.1, 0.15) is 11.4 Å². The largest absolute Gasteiger partial charge is 0.462 e. The van der Waals surface area contributed by atoms with E-state index in [0.717, 1.165) is 18.6 Å². The van der Waals surface area contributed by atoms with E-state index in [1.165, 1.54) is 11.1 Å². The summed E-state index contributed by atoms with van der Waals surface area (Å²) in [5, 5.41) is 0. The Labute approximate surface area is 103 Å². The van der Waals surface area contributed by atoms with E-state index in [1.807, 2.05) is 0 Å². The van der Waals surface area contributed by atoms with Crippen molar-refractivity contribution in [3.05, 3.63) is 29.3 Å². The van der Waals surface area contributed by atoms with E-state index in [4.69, 9.17) is 9.47 Å². The Morgan fingerprint density at radius 1 is 1.24 bits per heavy atom. The third-order valence-corrected chi connectivity index (χ3v) is 4.20. The molecular formula is C15H20O2. The smallest absolute Gasteiger partial charge is 0.208 e. The molecule has 3 rings (SSSR count). The minimum Gasteiger partial charge on any atom is -0.462 e. The van der Waals surface area contributed by atoms with Gasteiger partial charge < -0.3 is 9.47 Å². The monoisotopic (exact) mass is 232 g/mol. The maximum Gasteiger partial charge on any atom is 0.208 e. The van der Waals surface area contributed by atoms with Crippen LogP contribution < -0.4 is 4.74 Å². The van der Waals surface area contributed by atoms with Crippen molar-refractivity contribution in [2.24, 2.45) is 5.92 Å². The Hall–Kier alpha value is -1.02. The van der Waals surface area contributed by atoms with E-state index in [-0.39, 0.29) is 5.60 Å². The van der Waals surface area contributed by atoms with Gasteiger partial charge in [0.15, 0.2) is 0 Å². The highest BCUT2D eigenvalue weighted by molar-refractivity contribution is 5.44. The maximum atomic E-state index is 6.28. The van der Waals surface area contributed by atoms with Crippen molar-refractivity contribution in [3.8, 4) is 5.75 Å². The molecule has 2 atom stereocenters. The number of aryl methyl sites for hydroxylation is 1. The Kier molecular flexibility index (Phi) is 2.13. The zero-order valence-corrected chi connectivity index (χ0v) is 11.0. The fraction of sp³-hybridized carbons (Fsp3) is 0.600. The number of ether oxygens (including phenoxy) is 2. The van der Waals surface area contributed by atoms with E-state index in [9.17, 15) is 0 Å². The SMILES string of the molecule is Cc1ccc2c(c1)O[C@]1(C)CCC2(C(C)C)O1. The molecule has 2 heterocycles. The molecule has 17 heavy (non-hydrogen) atoms. The molecule has 0 N–H and O–H groups in total. The first kappa shape index (κ1) is 11.1. The first-order valence-corrected chi connectivity index (χ1v) is 6.46. The summed E-state index contributed by atoms with van der Waals surface area (Å²) in [6.45, 7) is 8.63. The van der Waals surface area contributed by atoms with Crippen molar-refractivity contribution in [1.29, 1.82) is 0 Å². The molecule has 2 aliphatic rings. The Morgan fingerprint density at radius 3 is 2.71 bits per heavy atom. The number of hydrogen-bond donors (Lipinski definition) is 0. The minimum atomic E-state index is -0.426. The van der Waals surface area contributed by atoms with E-state index < -0.39 is 5.79 Å². The highest BCUT2D eigenvalue weighted by Crippen LogP contribution is 2.56. The van der Waals surface area contributed by atoms with Crippen LogP contribution in [-0.4, -0.2) is 5.79 Å². The highest BCUT2D eigenvalue weighted by Gasteiger charge is 2.55. The lowest BCUT2D eigenvalue weighted by Gasteiger charge is -2.42. The summed E-state index contributed by atoms with van der Waals surface area (Å²) in [5.41, 5.74) is 2.33. The van der Waals surface area contributed by atoms with Gasteiger partial charge in [0.2, 0.25) is 5.79 Å². The zero-order chi connectivity index (χ0) is 12.3. The molecule has 0 aliphatic carbocycles. The van der Waals surface area contributed by atoms with Gasteiger partial charge in [-0.15, -0.1) is 0 Å². The van der Waals surface area contributed by atoms with Gasteiger partial charge in [-0.2, -0.15) is 0 Å². The average Bonchev–Trinajstić information content (AvgIpc) is 2.52. The molecule has 1 fully saturated rings. The first-order chi connectivity index (χ1) is 7.95. The summed E-state index contributed by atoms with van der Waals surface area (Å²) in [5.74, 6) is 1.06. The summed E-state index contributed by atoms with van der Waals surface area (Å²) in [4.78, 5) is 0. The summed E-state index contributed by atoms with van der Waals surface area (Å²) in [6, 6.07) is 6.46. The van der Waals surface area contributed by atoms with Crippen molar-refractivity contribution in [2.75, 3.05) is 0 Å². The predicted octanol–water partition coefficient (Wildman–Crippen LogP) is 3.77. The van der Waals surface area contributed by atoms with Gasteiger partial charge in [-0.3, -0.25) is 0 Å². The van der Waals surface area contributed by atoms with Crippen LogP contribution >= 0.6 is 0 Å². The van der Waals surface area contributed by atoms with Crippen LogP contribution in [0.15, 0.2) is 18.2 Å². The summed E-state index contributed by atoms with van der Waals surface area (Å²) in [7, 11) is 0. The number of hydrogen-bond acceptors (Lipinski definition) is 2. The number of benzene rings is 1. The van der Waals surface area contributed by atoms with E-state index >= 15 is 0 Å². The van der Waals surface area contributed by atoms with Crippen LogP contribution in [0.5, 0.6) is 5.75 Å². The second-order valence-corrected chi connectivity index (χ2v) is 5.88. The molecule has 2 heteroatoms. The van der Waals surface area contributed by atoms with Gasteiger partial charge >= 0.3 is 0 Å². The molecule has 1 saturated heterocycles. The van der Waals surface area contributed by atoms with Crippen molar-refractivity contribution in [2.45, 2.75) is 51.9 Å². The molecular weight excluding hydrogens is 212 g/mol. The maximum absolute atomic E-state index is 6.28. The fourth-order valence-electron chi connectivity index (χ4n) is 3.18. The Morgan fingerprint density at radius 2 is 2.00 bits per heavy atom. The van der Waals surface area contributed by atoms with E-state index in [0.29, 0.717) is 5.92 Å². The quantitative estimate of drug-likeness (QED) is 0.734. The summed E-state index contributed by atoms with van der Waals surface area (Å²) < 4.78 is 12.3. The lowest BCUT2D eigenvalue weighted by Crippen LogP contribution is -2.43. The molecule has 0 radical (unpaired) electrons. The van der Waals surface area contributed by atoms with E-state index in [2.05, 4.69) is 45.9 Å². The van der Waals surface area contributed by atoms with Crippen molar-refractivity contribution in [1.82, 2.24) is 0 Å².